The molecule has 0 atom stereocenters. The van der Waals surface area contributed by atoms with Gasteiger partial charge in [-0.05, 0) is 56.9 Å². The van der Waals surface area contributed by atoms with Crippen LogP contribution in [0.1, 0.15) is 31.7 Å². The van der Waals surface area contributed by atoms with Crippen molar-refractivity contribution in [3.8, 4) is 0 Å². The first kappa shape index (κ1) is 16.9. The zero-order valence-electron chi connectivity index (χ0n) is 12.9. The van der Waals surface area contributed by atoms with Gasteiger partial charge in [-0.1, -0.05) is 31.9 Å². The van der Waals surface area contributed by atoms with Crippen molar-refractivity contribution < 1.29 is 0 Å². The lowest BCUT2D eigenvalue weighted by molar-refractivity contribution is 0.413. The van der Waals surface area contributed by atoms with Crippen LogP contribution in [0.3, 0.4) is 0 Å². The van der Waals surface area contributed by atoms with Gasteiger partial charge in [0.25, 0.3) is 0 Å². The maximum atomic E-state index is 5.27. The van der Waals surface area contributed by atoms with Crippen molar-refractivity contribution in [2.45, 2.75) is 32.6 Å². The molecular formula is C16H27N3S. The SMILES string of the molecule is CCCCCc1ccc(NC(=S)NCCN(C)C)cc1. The number of aryl methyl sites for hydroxylation is 1. The van der Waals surface area contributed by atoms with Crippen molar-refractivity contribution in [3.05, 3.63) is 29.8 Å². The van der Waals surface area contributed by atoms with E-state index >= 15 is 0 Å². The molecule has 4 heteroatoms. The Balaban J connectivity index is 2.31. The molecule has 0 saturated heterocycles. The fourth-order valence-corrected chi connectivity index (χ4v) is 2.12. The van der Waals surface area contributed by atoms with Gasteiger partial charge in [0.05, 0.1) is 0 Å². The molecule has 0 spiro atoms. The van der Waals surface area contributed by atoms with Gasteiger partial charge < -0.3 is 15.5 Å². The molecule has 2 N–H and O–H groups in total. The molecule has 1 aromatic carbocycles. The monoisotopic (exact) mass is 293 g/mol. The predicted molar refractivity (Wildman–Crippen MR) is 92.4 cm³/mol. The number of thiocarbonyl (C=S) groups is 1. The van der Waals surface area contributed by atoms with Crippen LogP contribution < -0.4 is 10.6 Å². The fourth-order valence-electron chi connectivity index (χ4n) is 1.90. The van der Waals surface area contributed by atoms with E-state index in [0.29, 0.717) is 5.11 Å². The van der Waals surface area contributed by atoms with Crippen LogP contribution in [0.25, 0.3) is 0 Å². The fraction of sp³-hybridized carbons (Fsp3) is 0.562. The quantitative estimate of drug-likeness (QED) is 0.568. The third-order valence-electron chi connectivity index (χ3n) is 3.13. The number of benzene rings is 1. The lowest BCUT2D eigenvalue weighted by Crippen LogP contribution is -2.34. The topological polar surface area (TPSA) is 27.3 Å². The van der Waals surface area contributed by atoms with Crippen LogP contribution in [0, 0.1) is 0 Å². The number of rotatable bonds is 8. The molecule has 112 valence electrons. The Hall–Kier alpha value is -1.13. The summed E-state index contributed by atoms with van der Waals surface area (Å²) in [4.78, 5) is 2.13. The van der Waals surface area contributed by atoms with Crippen LogP contribution in [0.4, 0.5) is 5.69 Å². The number of nitrogens with one attached hydrogen (secondary N) is 2. The van der Waals surface area contributed by atoms with Crippen LogP contribution in [-0.2, 0) is 6.42 Å². The Morgan fingerprint density at radius 2 is 1.85 bits per heavy atom. The maximum absolute atomic E-state index is 5.27. The molecule has 0 aliphatic heterocycles. The van der Waals surface area contributed by atoms with Crippen LogP contribution in [-0.4, -0.2) is 37.2 Å². The Morgan fingerprint density at radius 3 is 2.45 bits per heavy atom. The number of nitrogens with zero attached hydrogens (tertiary/aromatic N) is 1. The van der Waals surface area contributed by atoms with Crippen LogP contribution >= 0.6 is 12.2 Å². The molecule has 1 aromatic rings. The largest absolute Gasteiger partial charge is 0.361 e. The highest BCUT2D eigenvalue weighted by Gasteiger charge is 1.98. The lowest BCUT2D eigenvalue weighted by Gasteiger charge is -2.13. The van der Waals surface area contributed by atoms with Gasteiger partial charge in [0.2, 0.25) is 0 Å². The third kappa shape index (κ3) is 7.46. The minimum absolute atomic E-state index is 0.686. The smallest absolute Gasteiger partial charge is 0.170 e. The molecule has 0 radical (unpaired) electrons. The van der Waals surface area contributed by atoms with Gasteiger partial charge in [-0.2, -0.15) is 0 Å². The second kappa shape index (κ2) is 9.72. The Morgan fingerprint density at radius 1 is 1.15 bits per heavy atom. The predicted octanol–water partition coefficient (Wildman–Crippen LogP) is 3.27. The lowest BCUT2D eigenvalue weighted by atomic mass is 10.1. The molecule has 0 aliphatic carbocycles. The van der Waals surface area contributed by atoms with Crippen LogP contribution in [0.15, 0.2) is 24.3 Å². The summed E-state index contributed by atoms with van der Waals surface area (Å²) in [6.07, 6.45) is 5.01. The summed E-state index contributed by atoms with van der Waals surface area (Å²) in [7, 11) is 4.10. The van der Waals surface area contributed by atoms with Gasteiger partial charge in [0.1, 0.15) is 0 Å². The number of likely N-dealkylation sites (N-methyl/N-ethyl adjacent to an activating group) is 1. The van der Waals surface area contributed by atoms with E-state index in [1.807, 2.05) is 0 Å². The van der Waals surface area contributed by atoms with Gasteiger partial charge >= 0.3 is 0 Å². The molecule has 0 amide bonds. The first-order chi connectivity index (χ1) is 9.61. The van der Waals surface area contributed by atoms with Crippen LogP contribution in [0.2, 0.25) is 0 Å². The zero-order valence-corrected chi connectivity index (χ0v) is 13.7. The summed E-state index contributed by atoms with van der Waals surface area (Å²) in [5.41, 5.74) is 2.45. The molecular weight excluding hydrogens is 266 g/mol. The Kier molecular flexibility index (Phi) is 8.23. The molecule has 0 aliphatic rings. The van der Waals surface area contributed by atoms with Gasteiger partial charge in [0.15, 0.2) is 5.11 Å². The van der Waals surface area contributed by atoms with Gasteiger partial charge in [-0.15, -0.1) is 0 Å². The molecule has 3 nitrogen and oxygen atoms in total. The third-order valence-corrected chi connectivity index (χ3v) is 3.37. The molecule has 0 unspecified atom stereocenters. The highest BCUT2D eigenvalue weighted by molar-refractivity contribution is 7.80. The highest BCUT2D eigenvalue weighted by atomic mass is 32.1. The maximum Gasteiger partial charge on any atom is 0.170 e. The molecule has 0 bridgehead atoms. The van der Waals surface area contributed by atoms with Gasteiger partial charge in [-0.25, -0.2) is 0 Å². The first-order valence-corrected chi connectivity index (χ1v) is 7.81. The average molecular weight is 293 g/mol. The summed E-state index contributed by atoms with van der Waals surface area (Å²) >= 11 is 5.27. The normalized spacial score (nSPS) is 10.6. The second-order valence-corrected chi connectivity index (χ2v) is 5.75. The minimum atomic E-state index is 0.686. The van der Waals surface area contributed by atoms with Crippen molar-refractivity contribution in [2.75, 3.05) is 32.5 Å². The first-order valence-electron chi connectivity index (χ1n) is 7.40. The summed E-state index contributed by atoms with van der Waals surface area (Å²) in [6.45, 7) is 4.06. The van der Waals surface area contributed by atoms with Crippen molar-refractivity contribution in [1.29, 1.82) is 0 Å². The van der Waals surface area contributed by atoms with E-state index in [1.165, 1.54) is 31.2 Å². The molecule has 0 aromatic heterocycles. The molecule has 20 heavy (non-hydrogen) atoms. The molecule has 1 rings (SSSR count). The standard InChI is InChI=1S/C16H27N3S/c1-4-5-6-7-14-8-10-15(11-9-14)18-16(20)17-12-13-19(2)3/h8-11H,4-7,12-13H2,1-3H3,(H2,17,18,20). The number of unbranched alkanes of at least 4 members (excludes halogenated alkanes) is 2. The van der Waals surface area contributed by atoms with E-state index in [1.54, 1.807) is 0 Å². The molecule has 0 heterocycles. The van der Waals surface area contributed by atoms with E-state index < -0.39 is 0 Å². The summed E-state index contributed by atoms with van der Waals surface area (Å²) in [6, 6.07) is 8.56. The Bertz CT molecular complexity index is 387. The second-order valence-electron chi connectivity index (χ2n) is 5.34. The minimum Gasteiger partial charge on any atom is -0.361 e. The van der Waals surface area contributed by atoms with Crippen molar-refractivity contribution in [3.63, 3.8) is 0 Å². The average Bonchev–Trinajstić information content (AvgIpc) is 2.40. The van der Waals surface area contributed by atoms with E-state index in [4.69, 9.17) is 12.2 Å². The molecule has 0 saturated carbocycles. The summed E-state index contributed by atoms with van der Waals surface area (Å²) < 4.78 is 0. The van der Waals surface area contributed by atoms with Crippen molar-refractivity contribution in [2.24, 2.45) is 0 Å². The van der Waals surface area contributed by atoms with Crippen LogP contribution in [0.5, 0.6) is 0 Å². The summed E-state index contributed by atoms with van der Waals surface area (Å²) in [5, 5.41) is 7.10. The van der Waals surface area contributed by atoms with E-state index in [0.717, 1.165) is 18.8 Å². The van der Waals surface area contributed by atoms with E-state index in [2.05, 4.69) is 60.8 Å². The van der Waals surface area contributed by atoms with E-state index in [9.17, 15) is 0 Å². The zero-order chi connectivity index (χ0) is 14.8. The van der Waals surface area contributed by atoms with Gasteiger partial charge in [-0.3, -0.25) is 0 Å². The Labute approximate surface area is 128 Å². The number of hydrogen-bond acceptors (Lipinski definition) is 2. The van der Waals surface area contributed by atoms with Crippen molar-refractivity contribution >= 4 is 23.0 Å². The van der Waals surface area contributed by atoms with Gasteiger partial charge in [0, 0.05) is 18.8 Å². The highest BCUT2D eigenvalue weighted by Crippen LogP contribution is 2.12. The number of anilines is 1. The molecule has 0 fully saturated rings. The summed E-state index contributed by atoms with van der Waals surface area (Å²) in [5.74, 6) is 0. The van der Waals surface area contributed by atoms with Crippen molar-refractivity contribution in [1.82, 2.24) is 10.2 Å². The van der Waals surface area contributed by atoms with E-state index in [-0.39, 0.29) is 0 Å². The number of hydrogen-bond donors (Lipinski definition) is 2.